The van der Waals surface area contributed by atoms with Crippen LogP contribution < -0.4 is 14.8 Å². The van der Waals surface area contributed by atoms with E-state index in [4.69, 9.17) is 14.7 Å². The molecule has 0 saturated heterocycles. The lowest BCUT2D eigenvalue weighted by Gasteiger charge is -2.18. The Morgan fingerprint density at radius 3 is 3.09 bits per heavy atom. The van der Waals surface area contributed by atoms with Crippen molar-refractivity contribution in [3.05, 3.63) is 53.6 Å². The minimum absolute atomic E-state index is 0.0306. The van der Waals surface area contributed by atoms with Crippen LogP contribution in [0.15, 0.2) is 48.1 Å². The Hall–Kier alpha value is -3.00. The first-order chi connectivity index (χ1) is 10.7. The van der Waals surface area contributed by atoms with E-state index < -0.39 is 5.91 Å². The molecule has 1 aromatic rings. The highest BCUT2D eigenvalue weighted by Gasteiger charge is 2.16. The second kappa shape index (κ2) is 7.14. The van der Waals surface area contributed by atoms with E-state index in [0.717, 1.165) is 11.1 Å². The molecule has 0 aliphatic carbocycles. The number of ether oxygens (including phenoxy) is 2. The minimum Gasteiger partial charge on any atom is -0.493 e. The van der Waals surface area contributed by atoms with Gasteiger partial charge in [0.25, 0.3) is 5.91 Å². The van der Waals surface area contributed by atoms with Gasteiger partial charge in [-0.3, -0.25) is 4.79 Å². The van der Waals surface area contributed by atoms with Gasteiger partial charge in [0.2, 0.25) is 0 Å². The number of nitriles is 1. The standard InChI is InChI=1S/C17H16N2O3/c1-3-7-19-17(20)14(10-18)9-12-8-13-5-4-6-15(21-2)16(13)22-11-12/h3-6,8-9H,1,7,11H2,2H3,(H,19,20). The number of hydrogen-bond donors (Lipinski definition) is 1. The van der Waals surface area contributed by atoms with Crippen LogP contribution in [0.3, 0.4) is 0 Å². The molecule has 1 amide bonds. The van der Waals surface area contributed by atoms with E-state index in [1.165, 1.54) is 6.08 Å². The summed E-state index contributed by atoms with van der Waals surface area (Å²) < 4.78 is 10.9. The quantitative estimate of drug-likeness (QED) is 0.514. The number of fused-ring (bicyclic) bond motifs is 1. The van der Waals surface area contributed by atoms with Crippen LogP contribution >= 0.6 is 0 Å². The molecular weight excluding hydrogens is 280 g/mol. The Bertz CT molecular complexity index is 696. The van der Waals surface area contributed by atoms with Crippen molar-refractivity contribution in [1.82, 2.24) is 5.32 Å². The first-order valence-corrected chi connectivity index (χ1v) is 6.71. The molecule has 0 saturated carbocycles. The molecule has 0 atom stereocenters. The van der Waals surface area contributed by atoms with Gasteiger partial charge >= 0.3 is 0 Å². The summed E-state index contributed by atoms with van der Waals surface area (Å²) in [6, 6.07) is 7.45. The summed E-state index contributed by atoms with van der Waals surface area (Å²) in [6.07, 6.45) is 4.96. The summed E-state index contributed by atoms with van der Waals surface area (Å²) in [6.45, 7) is 4.10. The molecule has 1 heterocycles. The fourth-order valence-corrected chi connectivity index (χ4v) is 2.04. The molecule has 5 heteroatoms. The molecule has 112 valence electrons. The van der Waals surface area contributed by atoms with Gasteiger partial charge in [-0.1, -0.05) is 18.2 Å². The SMILES string of the molecule is C=CCNC(=O)C(C#N)=CC1=Cc2cccc(OC)c2OC1. The minimum atomic E-state index is -0.431. The van der Waals surface area contributed by atoms with Crippen molar-refractivity contribution in [2.45, 2.75) is 0 Å². The number of methoxy groups -OCH3 is 1. The smallest absolute Gasteiger partial charge is 0.262 e. The molecule has 5 nitrogen and oxygen atoms in total. The van der Waals surface area contributed by atoms with Gasteiger partial charge in [0, 0.05) is 12.1 Å². The van der Waals surface area contributed by atoms with E-state index in [2.05, 4.69) is 11.9 Å². The highest BCUT2D eigenvalue weighted by Crippen LogP contribution is 2.35. The third-order valence-corrected chi connectivity index (χ3v) is 3.06. The van der Waals surface area contributed by atoms with Gasteiger partial charge in [-0.15, -0.1) is 6.58 Å². The Morgan fingerprint density at radius 1 is 1.59 bits per heavy atom. The van der Waals surface area contributed by atoms with Crippen LogP contribution in [-0.2, 0) is 4.79 Å². The number of nitrogens with one attached hydrogen (secondary N) is 1. The van der Waals surface area contributed by atoms with E-state index in [0.29, 0.717) is 18.0 Å². The van der Waals surface area contributed by atoms with Gasteiger partial charge in [-0.2, -0.15) is 5.26 Å². The zero-order valence-electron chi connectivity index (χ0n) is 12.3. The number of para-hydroxylation sites is 1. The molecule has 0 spiro atoms. The lowest BCUT2D eigenvalue weighted by Crippen LogP contribution is -2.24. The average Bonchev–Trinajstić information content (AvgIpc) is 2.56. The number of nitrogens with zero attached hydrogens (tertiary/aromatic N) is 1. The predicted molar refractivity (Wildman–Crippen MR) is 83.4 cm³/mol. The molecule has 0 aromatic heterocycles. The average molecular weight is 296 g/mol. The fraction of sp³-hybridized carbons (Fsp3) is 0.176. The maximum Gasteiger partial charge on any atom is 0.262 e. The highest BCUT2D eigenvalue weighted by molar-refractivity contribution is 5.98. The summed E-state index contributed by atoms with van der Waals surface area (Å²) in [5.41, 5.74) is 1.62. The van der Waals surface area contributed by atoms with E-state index in [9.17, 15) is 4.79 Å². The van der Waals surface area contributed by atoms with E-state index in [1.54, 1.807) is 13.2 Å². The second-order valence-electron chi connectivity index (χ2n) is 4.56. The first kappa shape index (κ1) is 15.4. The molecule has 0 bridgehead atoms. The third-order valence-electron chi connectivity index (χ3n) is 3.06. The lowest BCUT2D eigenvalue weighted by molar-refractivity contribution is -0.116. The molecular formula is C17H16N2O3. The number of carbonyl (C=O) groups excluding carboxylic acids is 1. The summed E-state index contributed by atoms with van der Waals surface area (Å²) >= 11 is 0. The molecule has 1 N–H and O–H groups in total. The summed E-state index contributed by atoms with van der Waals surface area (Å²) in [5, 5.41) is 11.7. The summed E-state index contributed by atoms with van der Waals surface area (Å²) in [4.78, 5) is 11.8. The largest absolute Gasteiger partial charge is 0.493 e. The van der Waals surface area contributed by atoms with E-state index >= 15 is 0 Å². The van der Waals surface area contributed by atoms with E-state index in [1.807, 2.05) is 30.3 Å². The Labute approximate surface area is 129 Å². The van der Waals surface area contributed by atoms with Crippen LogP contribution in [0.1, 0.15) is 5.56 Å². The van der Waals surface area contributed by atoms with Gasteiger partial charge in [0.15, 0.2) is 11.5 Å². The number of carbonyl (C=O) groups is 1. The van der Waals surface area contributed by atoms with Crippen molar-refractivity contribution in [2.75, 3.05) is 20.3 Å². The fourth-order valence-electron chi connectivity index (χ4n) is 2.04. The molecule has 0 unspecified atom stereocenters. The van der Waals surface area contributed by atoms with Gasteiger partial charge in [0.1, 0.15) is 18.2 Å². The van der Waals surface area contributed by atoms with Crippen LogP contribution in [0.4, 0.5) is 0 Å². The predicted octanol–water partition coefficient (Wildman–Crippen LogP) is 2.22. The van der Waals surface area contributed by atoms with Crippen LogP contribution in [0, 0.1) is 11.3 Å². The van der Waals surface area contributed by atoms with Crippen LogP contribution in [0.5, 0.6) is 11.5 Å². The van der Waals surface area contributed by atoms with Gasteiger partial charge in [-0.05, 0) is 23.8 Å². The van der Waals surface area contributed by atoms with Crippen molar-refractivity contribution < 1.29 is 14.3 Å². The summed E-state index contributed by atoms with van der Waals surface area (Å²) in [5.74, 6) is 0.887. The van der Waals surface area contributed by atoms with Crippen molar-refractivity contribution >= 4 is 12.0 Å². The molecule has 0 fully saturated rings. The second-order valence-corrected chi connectivity index (χ2v) is 4.56. The molecule has 1 aromatic carbocycles. The number of benzene rings is 1. The van der Waals surface area contributed by atoms with Gasteiger partial charge < -0.3 is 14.8 Å². The van der Waals surface area contributed by atoms with Crippen LogP contribution in [-0.4, -0.2) is 26.2 Å². The summed E-state index contributed by atoms with van der Waals surface area (Å²) in [7, 11) is 1.58. The van der Waals surface area contributed by atoms with E-state index in [-0.39, 0.29) is 12.2 Å². The number of amides is 1. The monoisotopic (exact) mass is 296 g/mol. The van der Waals surface area contributed by atoms with Gasteiger partial charge in [-0.25, -0.2) is 0 Å². The van der Waals surface area contributed by atoms with Crippen molar-refractivity contribution in [3.8, 4) is 17.6 Å². The Kier molecular flexibility index (Phi) is 4.99. The van der Waals surface area contributed by atoms with Crippen molar-refractivity contribution in [1.29, 1.82) is 5.26 Å². The third kappa shape index (κ3) is 3.36. The maximum absolute atomic E-state index is 11.8. The molecule has 22 heavy (non-hydrogen) atoms. The Balaban J connectivity index is 2.28. The number of hydrogen-bond acceptors (Lipinski definition) is 4. The maximum atomic E-state index is 11.8. The zero-order chi connectivity index (χ0) is 15.9. The molecule has 0 radical (unpaired) electrons. The van der Waals surface area contributed by atoms with Gasteiger partial charge in [0.05, 0.1) is 7.11 Å². The zero-order valence-corrected chi connectivity index (χ0v) is 12.3. The van der Waals surface area contributed by atoms with Crippen molar-refractivity contribution in [3.63, 3.8) is 0 Å². The highest BCUT2D eigenvalue weighted by atomic mass is 16.5. The molecule has 1 aliphatic rings. The normalized spacial score (nSPS) is 13.1. The topological polar surface area (TPSA) is 71.4 Å². The number of rotatable bonds is 5. The molecule has 2 rings (SSSR count). The van der Waals surface area contributed by atoms with Crippen LogP contribution in [0.25, 0.3) is 6.08 Å². The first-order valence-electron chi connectivity index (χ1n) is 6.71. The van der Waals surface area contributed by atoms with Crippen molar-refractivity contribution in [2.24, 2.45) is 0 Å². The lowest BCUT2D eigenvalue weighted by atomic mass is 10.0. The van der Waals surface area contributed by atoms with Crippen LogP contribution in [0.2, 0.25) is 0 Å². The molecule has 1 aliphatic heterocycles. The Morgan fingerprint density at radius 2 is 2.41 bits per heavy atom.